The number of esters is 2. The Balaban J connectivity index is 4.23. The molecule has 0 aliphatic rings. The first-order valence-corrected chi connectivity index (χ1v) is 25.1. The molecular formula is C48H87O10P. The lowest BCUT2D eigenvalue weighted by atomic mass is 10.0. The normalized spacial score (nSPS) is 14.2. The van der Waals surface area contributed by atoms with Gasteiger partial charge >= 0.3 is 19.8 Å². The van der Waals surface area contributed by atoms with Crippen molar-refractivity contribution in [1.29, 1.82) is 0 Å². The molecule has 0 radical (unpaired) electrons. The van der Waals surface area contributed by atoms with E-state index in [2.05, 4.69) is 62.5 Å². The van der Waals surface area contributed by atoms with Crippen LogP contribution in [0.3, 0.4) is 0 Å². The molecule has 3 atom stereocenters. The monoisotopic (exact) mass is 855 g/mol. The molecule has 0 fully saturated rings. The molecule has 10 nitrogen and oxygen atoms in total. The Labute approximate surface area is 360 Å². The van der Waals surface area contributed by atoms with Crippen LogP contribution in [0.1, 0.15) is 206 Å². The fourth-order valence-electron chi connectivity index (χ4n) is 6.40. The molecule has 3 unspecified atom stereocenters. The maximum atomic E-state index is 12.6. The quantitative estimate of drug-likeness (QED) is 0.0234. The van der Waals surface area contributed by atoms with Crippen molar-refractivity contribution in [2.45, 2.75) is 219 Å². The molecule has 0 saturated carbocycles. The predicted molar refractivity (Wildman–Crippen MR) is 242 cm³/mol. The molecule has 0 bridgehead atoms. The zero-order chi connectivity index (χ0) is 43.3. The van der Waals surface area contributed by atoms with Crippen molar-refractivity contribution in [1.82, 2.24) is 0 Å². The van der Waals surface area contributed by atoms with Crippen LogP contribution in [0.5, 0.6) is 0 Å². The standard InChI is InChI=1S/C48H87O10P/c1-3-5-7-9-11-13-15-17-19-20-21-22-23-24-26-27-29-31-33-35-37-39-47(51)55-43-46(44-57-59(53,54)56-42-45(50)41-49)58-48(52)40-38-36-34-32-30-28-25-18-16-14-12-10-8-6-4-2/h6,8,12,14,18,25,30,32,45-46,49-50H,3-5,7,9-11,13,15-17,19-24,26-29,31,33-44H2,1-2H3,(H,53,54)/b8-6-,14-12-,25-18-,32-30-. The number of hydrogen-bond donors (Lipinski definition) is 3. The van der Waals surface area contributed by atoms with E-state index in [4.69, 9.17) is 23.6 Å². The van der Waals surface area contributed by atoms with E-state index in [1.807, 2.05) is 0 Å². The van der Waals surface area contributed by atoms with E-state index < -0.39 is 51.8 Å². The molecule has 11 heteroatoms. The molecule has 0 aromatic heterocycles. The van der Waals surface area contributed by atoms with Crippen molar-refractivity contribution in [3.63, 3.8) is 0 Å². The van der Waals surface area contributed by atoms with Gasteiger partial charge < -0.3 is 24.6 Å². The Kier molecular flexibility index (Phi) is 42.5. The summed E-state index contributed by atoms with van der Waals surface area (Å²) in [6.45, 7) is 2.24. The van der Waals surface area contributed by atoms with Crippen LogP contribution in [0.2, 0.25) is 0 Å². The maximum absolute atomic E-state index is 12.6. The molecule has 0 aliphatic carbocycles. The molecular weight excluding hydrogens is 767 g/mol. The van der Waals surface area contributed by atoms with Gasteiger partial charge in [-0.25, -0.2) is 4.57 Å². The van der Waals surface area contributed by atoms with Crippen molar-refractivity contribution >= 4 is 19.8 Å². The van der Waals surface area contributed by atoms with E-state index in [0.29, 0.717) is 12.8 Å². The number of rotatable bonds is 44. The molecule has 0 aliphatic heterocycles. The highest BCUT2D eigenvalue weighted by atomic mass is 31.2. The van der Waals surface area contributed by atoms with Crippen molar-refractivity contribution in [2.75, 3.05) is 26.4 Å². The third kappa shape index (κ3) is 43.8. The summed E-state index contributed by atoms with van der Waals surface area (Å²) in [7, 11) is -4.63. The average Bonchev–Trinajstić information content (AvgIpc) is 3.22. The topological polar surface area (TPSA) is 149 Å². The highest BCUT2D eigenvalue weighted by molar-refractivity contribution is 7.47. The van der Waals surface area contributed by atoms with Crippen molar-refractivity contribution < 1.29 is 47.8 Å². The van der Waals surface area contributed by atoms with Gasteiger partial charge in [0.2, 0.25) is 0 Å². The lowest BCUT2D eigenvalue weighted by Crippen LogP contribution is -2.29. The lowest BCUT2D eigenvalue weighted by Gasteiger charge is -2.20. The largest absolute Gasteiger partial charge is 0.472 e. The van der Waals surface area contributed by atoms with E-state index in [1.54, 1.807) is 0 Å². The van der Waals surface area contributed by atoms with E-state index in [-0.39, 0.29) is 19.4 Å². The molecule has 344 valence electrons. The first-order valence-electron chi connectivity index (χ1n) is 23.6. The molecule has 0 rings (SSSR count). The van der Waals surface area contributed by atoms with Gasteiger partial charge in [0.25, 0.3) is 0 Å². The fraction of sp³-hybridized carbons (Fsp3) is 0.792. The zero-order valence-corrected chi connectivity index (χ0v) is 38.4. The smallest absolute Gasteiger partial charge is 0.462 e. The Morgan fingerprint density at radius 3 is 1.41 bits per heavy atom. The summed E-state index contributed by atoms with van der Waals surface area (Å²) in [5.41, 5.74) is 0. The summed E-state index contributed by atoms with van der Waals surface area (Å²) < 4.78 is 32.7. The van der Waals surface area contributed by atoms with Crippen LogP contribution >= 0.6 is 7.82 Å². The summed E-state index contributed by atoms with van der Waals surface area (Å²) in [6, 6.07) is 0. The Morgan fingerprint density at radius 2 is 0.932 bits per heavy atom. The second kappa shape index (κ2) is 44.0. The van der Waals surface area contributed by atoms with Gasteiger partial charge in [0.05, 0.1) is 19.8 Å². The summed E-state index contributed by atoms with van der Waals surface area (Å²) in [4.78, 5) is 35.0. The van der Waals surface area contributed by atoms with Gasteiger partial charge in [-0.05, 0) is 51.4 Å². The Hall–Kier alpha value is -2.07. The number of carbonyl (C=O) groups excluding carboxylic acids is 2. The molecule has 0 spiro atoms. The summed E-state index contributed by atoms with van der Waals surface area (Å²) >= 11 is 0. The SMILES string of the molecule is CC/C=C\C/C=C\C/C=C\C/C=C\CCCCC(=O)OC(COC(=O)CCCCCCCCCCCCCCCCCCCCCCC)COP(=O)(O)OCC(O)CO. The molecule has 0 saturated heterocycles. The first kappa shape index (κ1) is 56.9. The molecule has 0 aromatic carbocycles. The summed E-state index contributed by atoms with van der Waals surface area (Å²) in [5, 5.41) is 18.4. The second-order valence-electron chi connectivity index (χ2n) is 15.8. The fourth-order valence-corrected chi connectivity index (χ4v) is 7.19. The van der Waals surface area contributed by atoms with Gasteiger partial charge in [0.15, 0.2) is 6.10 Å². The number of unbranched alkanes of at least 4 members (excludes halogenated alkanes) is 22. The van der Waals surface area contributed by atoms with E-state index in [9.17, 15) is 24.2 Å². The molecule has 0 heterocycles. The first-order chi connectivity index (χ1) is 28.7. The zero-order valence-electron chi connectivity index (χ0n) is 37.5. The molecule has 59 heavy (non-hydrogen) atoms. The van der Waals surface area contributed by atoms with Crippen LogP contribution in [0.15, 0.2) is 48.6 Å². The van der Waals surface area contributed by atoms with Crippen molar-refractivity contribution in [3.05, 3.63) is 48.6 Å². The summed E-state index contributed by atoms with van der Waals surface area (Å²) in [5.74, 6) is -0.968. The number of phosphoric acid groups is 1. The third-order valence-corrected chi connectivity index (χ3v) is 10.9. The second-order valence-corrected chi connectivity index (χ2v) is 17.2. The molecule has 3 N–H and O–H groups in total. The van der Waals surface area contributed by atoms with Gasteiger partial charge in [0, 0.05) is 12.8 Å². The van der Waals surface area contributed by atoms with Crippen LogP contribution < -0.4 is 0 Å². The minimum absolute atomic E-state index is 0.132. The van der Waals surface area contributed by atoms with Crippen LogP contribution in [-0.2, 0) is 32.7 Å². The maximum Gasteiger partial charge on any atom is 0.472 e. The summed E-state index contributed by atoms with van der Waals surface area (Å²) in [6.07, 6.45) is 48.0. The minimum Gasteiger partial charge on any atom is -0.462 e. The van der Waals surface area contributed by atoms with Crippen molar-refractivity contribution in [3.8, 4) is 0 Å². The number of aliphatic hydroxyl groups excluding tert-OH is 2. The highest BCUT2D eigenvalue weighted by Crippen LogP contribution is 2.43. The lowest BCUT2D eigenvalue weighted by molar-refractivity contribution is -0.161. The van der Waals surface area contributed by atoms with Gasteiger partial charge in [-0.15, -0.1) is 0 Å². The molecule has 0 amide bonds. The van der Waals surface area contributed by atoms with Crippen LogP contribution in [0.25, 0.3) is 0 Å². The predicted octanol–water partition coefficient (Wildman–Crippen LogP) is 12.9. The van der Waals surface area contributed by atoms with Gasteiger partial charge in [-0.3, -0.25) is 18.6 Å². The van der Waals surface area contributed by atoms with E-state index in [0.717, 1.165) is 57.8 Å². The molecule has 0 aromatic rings. The Bertz CT molecular complexity index is 1120. The van der Waals surface area contributed by atoms with E-state index >= 15 is 0 Å². The van der Waals surface area contributed by atoms with E-state index in [1.165, 1.54) is 109 Å². The highest BCUT2D eigenvalue weighted by Gasteiger charge is 2.27. The minimum atomic E-state index is -4.63. The number of carbonyl (C=O) groups is 2. The number of aliphatic hydroxyl groups is 2. The van der Waals surface area contributed by atoms with Crippen LogP contribution in [0.4, 0.5) is 0 Å². The number of allylic oxidation sites excluding steroid dienone is 8. The Morgan fingerprint density at radius 1 is 0.525 bits per heavy atom. The van der Waals surface area contributed by atoms with Gasteiger partial charge in [-0.1, -0.05) is 191 Å². The van der Waals surface area contributed by atoms with Gasteiger partial charge in [-0.2, -0.15) is 0 Å². The average molecular weight is 855 g/mol. The number of ether oxygens (including phenoxy) is 2. The number of phosphoric ester groups is 1. The third-order valence-electron chi connectivity index (χ3n) is 10.00. The van der Waals surface area contributed by atoms with Crippen LogP contribution in [0, 0.1) is 0 Å². The van der Waals surface area contributed by atoms with Crippen LogP contribution in [-0.4, -0.2) is 65.7 Å². The van der Waals surface area contributed by atoms with Gasteiger partial charge in [0.1, 0.15) is 12.7 Å². The van der Waals surface area contributed by atoms with Crippen molar-refractivity contribution in [2.24, 2.45) is 0 Å². The number of hydrogen-bond acceptors (Lipinski definition) is 9.